The molecule has 5 heteroatoms. The van der Waals surface area contributed by atoms with E-state index in [0.717, 1.165) is 24.8 Å². The van der Waals surface area contributed by atoms with E-state index in [1.54, 1.807) is 0 Å². The fourth-order valence-electron chi connectivity index (χ4n) is 2.42. The molecule has 1 aliphatic carbocycles. The number of aryl methyl sites for hydroxylation is 1. The molecule has 5 nitrogen and oxygen atoms in total. The highest BCUT2D eigenvalue weighted by atomic mass is 16.6. The summed E-state index contributed by atoms with van der Waals surface area (Å²) in [4.78, 5) is 22.5. The van der Waals surface area contributed by atoms with Crippen molar-refractivity contribution in [3.05, 3.63) is 35.4 Å². The summed E-state index contributed by atoms with van der Waals surface area (Å²) >= 11 is 0. The summed E-state index contributed by atoms with van der Waals surface area (Å²) in [6.45, 7) is 1.51. The Hall–Kier alpha value is -2.04. The Morgan fingerprint density at radius 2 is 2.16 bits per heavy atom. The molecule has 19 heavy (non-hydrogen) atoms. The van der Waals surface area contributed by atoms with Gasteiger partial charge in [0.2, 0.25) is 0 Å². The molecule has 0 fully saturated rings. The highest BCUT2D eigenvalue weighted by Crippen LogP contribution is 2.29. The molecule has 1 unspecified atom stereocenters. The molecule has 0 saturated carbocycles. The molecule has 2 atom stereocenters. The van der Waals surface area contributed by atoms with Gasteiger partial charge in [0.15, 0.2) is 6.10 Å². The van der Waals surface area contributed by atoms with Gasteiger partial charge in [0, 0.05) is 0 Å². The largest absolute Gasteiger partial charge is 0.437 e. The van der Waals surface area contributed by atoms with Crippen LogP contribution in [-0.4, -0.2) is 18.1 Å². The monoisotopic (exact) mass is 262 g/mol. The zero-order valence-corrected chi connectivity index (χ0v) is 10.9. The average molecular weight is 262 g/mol. The van der Waals surface area contributed by atoms with Crippen molar-refractivity contribution in [2.75, 3.05) is 0 Å². The van der Waals surface area contributed by atoms with E-state index < -0.39 is 12.2 Å². The van der Waals surface area contributed by atoms with E-state index >= 15 is 0 Å². The predicted octanol–water partition coefficient (Wildman–Crippen LogP) is 1.66. The Labute approximate surface area is 112 Å². The van der Waals surface area contributed by atoms with Crippen LogP contribution < -0.4 is 11.1 Å². The first kappa shape index (κ1) is 13.4. The fraction of sp³-hybridized carbons (Fsp3) is 0.429. The summed E-state index contributed by atoms with van der Waals surface area (Å²) in [6, 6.07) is 8.06. The van der Waals surface area contributed by atoms with Crippen LogP contribution in [0.4, 0.5) is 4.79 Å². The van der Waals surface area contributed by atoms with Gasteiger partial charge in [-0.15, -0.1) is 0 Å². The number of ether oxygens (including phenoxy) is 1. The Morgan fingerprint density at radius 3 is 2.89 bits per heavy atom. The van der Waals surface area contributed by atoms with Crippen LogP contribution >= 0.6 is 0 Å². The topological polar surface area (TPSA) is 81.4 Å². The second kappa shape index (κ2) is 5.73. The minimum Gasteiger partial charge on any atom is -0.437 e. The van der Waals surface area contributed by atoms with Crippen molar-refractivity contribution < 1.29 is 14.3 Å². The summed E-state index contributed by atoms with van der Waals surface area (Å²) in [5.74, 6) is -0.319. The maximum absolute atomic E-state index is 11.9. The van der Waals surface area contributed by atoms with Gasteiger partial charge in [0.1, 0.15) is 0 Å². The summed E-state index contributed by atoms with van der Waals surface area (Å²) in [5, 5.41) is 2.91. The first-order chi connectivity index (χ1) is 9.08. The fourth-order valence-corrected chi connectivity index (χ4v) is 2.42. The Balaban J connectivity index is 2.04. The van der Waals surface area contributed by atoms with Crippen LogP contribution in [0.2, 0.25) is 0 Å². The maximum atomic E-state index is 11.9. The summed E-state index contributed by atoms with van der Waals surface area (Å²) in [6.07, 6.45) is 1.16. The van der Waals surface area contributed by atoms with E-state index in [1.165, 1.54) is 12.5 Å². The van der Waals surface area contributed by atoms with E-state index in [-0.39, 0.29) is 11.9 Å². The number of amides is 2. The van der Waals surface area contributed by atoms with Crippen LogP contribution in [0.3, 0.4) is 0 Å². The number of nitrogens with one attached hydrogen (secondary N) is 1. The number of primary amides is 1. The summed E-state index contributed by atoms with van der Waals surface area (Å²) in [5.41, 5.74) is 7.31. The molecular weight excluding hydrogens is 244 g/mol. The van der Waals surface area contributed by atoms with Gasteiger partial charge < -0.3 is 15.8 Å². The maximum Gasteiger partial charge on any atom is 0.405 e. The molecule has 0 aliphatic heterocycles. The number of fused-ring (bicyclic) bond motifs is 1. The predicted molar refractivity (Wildman–Crippen MR) is 70.4 cm³/mol. The van der Waals surface area contributed by atoms with Crippen molar-refractivity contribution >= 4 is 12.0 Å². The van der Waals surface area contributed by atoms with Crippen molar-refractivity contribution in [1.82, 2.24) is 5.32 Å². The van der Waals surface area contributed by atoms with Gasteiger partial charge in [-0.1, -0.05) is 24.3 Å². The molecule has 0 spiro atoms. The average Bonchev–Trinajstić information content (AvgIpc) is 2.38. The smallest absolute Gasteiger partial charge is 0.405 e. The van der Waals surface area contributed by atoms with E-state index in [9.17, 15) is 9.59 Å². The first-order valence-corrected chi connectivity index (χ1v) is 6.42. The number of rotatable bonds is 3. The van der Waals surface area contributed by atoms with Crippen LogP contribution in [0.5, 0.6) is 0 Å². The number of hydrogen-bond donors (Lipinski definition) is 2. The molecule has 0 aromatic heterocycles. The number of hydrogen-bond acceptors (Lipinski definition) is 3. The lowest BCUT2D eigenvalue weighted by Gasteiger charge is -2.27. The summed E-state index contributed by atoms with van der Waals surface area (Å²) < 4.78 is 4.67. The van der Waals surface area contributed by atoms with Crippen molar-refractivity contribution in [1.29, 1.82) is 0 Å². The van der Waals surface area contributed by atoms with Crippen molar-refractivity contribution in [2.45, 2.75) is 38.3 Å². The number of carbonyl (C=O) groups excluding carboxylic acids is 2. The SMILES string of the molecule is CC(OC(N)=O)C(=O)N[C@@H]1CCCc2ccccc21. The van der Waals surface area contributed by atoms with E-state index in [1.807, 2.05) is 18.2 Å². The quantitative estimate of drug-likeness (QED) is 0.869. The lowest BCUT2D eigenvalue weighted by Crippen LogP contribution is -2.40. The third kappa shape index (κ3) is 3.24. The molecule has 2 rings (SSSR count). The highest BCUT2D eigenvalue weighted by Gasteiger charge is 2.24. The van der Waals surface area contributed by atoms with Gasteiger partial charge in [0.05, 0.1) is 6.04 Å². The van der Waals surface area contributed by atoms with Gasteiger partial charge in [0.25, 0.3) is 5.91 Å². The summed E-state index contributed by atoms with van der Waals surface area (Å²) in [7, 11) is 0. The van der Waals surface area contributed by atoms with Crippen LogP contribution in [-0.2, 0) is 16.0 Å². The van der Waals surface area contributed by atoms with E-state index in [4.69, 9.17) is 5.73 Å². The molecule has 2 amide bonds. The normalized spacial score (nSPS) is 19.1. The Kier molecular flexibility index (Phi) is 4.04. The zero-order valence-electron chi connectivity index (χ0n) is 10.9. The molecular formula is C14H18N2O3. The van der Waals surface area contributed by atoms with Gasteiger partial charge in [-0.2, -0.15) is 0 Å². The molecule has 1 aliphatic rings. The van der Waals surface area contributed by atoms with Crippen LogP contribution in [0.15, 0.2) is 24.3 Å². The lowest BCUT2D eigenvalue weighted by molar-refractivity contribution is -0.129. The first-order valence-electron chi connectivity index (χ1n) is 6.42. The van der Waals surface area contributed by atoms with E-state index in [0.29, 0.717) is 0 Å². The molecule has 3 N–H and O–H groups in total. The second-order valence-electron chi connectivity index (χ2n) is 4.73. The van der Waals surface area contributed by atoms with Gasteiger partial charge in [-0.3, -0.25) is 4.79 Å². The van der Waals surface area contributed by atoms with Crippen molar-refractivity contribution in [2.24, 2.45) is 5.73 Å². The molecule has 102 valence electrons. The Morgan fingerprint density at radius 1 is 1.42 bits per heavy atom. The third-order valence-electron chi connectivity index (χ3n) is 3.35. The zero-order chi connectivity index (χ0) is 13.8. The van der Waals surface area contributed by atoms with Crippen molar-refractivity contribution in [3.8, 4) is 0 Å². The van der Waals surface area contributed by atoms with Crippen LogP contribution in [0, 0.1) is 0 Å². The van der Waals surface area contributed by atoms with Crippen LogP contribution in [0.1, 0.15) is 36.9 Å². The third-order valence-corrected chi connectivity index (χ3v) is 3.35. The number of nitrogens with two attached hydrogens (primary N) is 1. The molecule has 0 radical (unpaired) electrons. The van der Waals surface area contributed by atoms with Crippen LogP contribution in [0.25, 0.3) is 0 Å². The van der Waals surface area contributed by atoms with Gasteiger partial charge in [-0.25, -0.2) is 4.79 Å². The molecule has 0 heterocycles. The van der Waals surface area contributed by atoms with Gasteiger partial charge in [-0.05, 0) is 37.3 Å². The highest BCUT2D eigenvalue weighted by molar-refractivity contribution is 5.83. The lowest BCUT2D eigenvalue weighted by atomic mass is 9.87. The van der Waals surface area contributed by atoms with Gasteiger partial charge >= 0.3 is 6.09 Å². The minimum absolute atomic E-state index is 0.0172. The Bertz CT molecular complexity index is 487. The minimum atomic E-state index is -0.938. The standard InChI is InChI=1S/C14H18N2O3/c1-9(19-14(15)18)13(17)16-12-8-4-6-10-5-2-3-7-11(10)12/h2-3,5,7,9,12H,4,6,8H2,1H3,(H2,15,18)(H,16,17)/t9?,12-/m1/s1. The molecule has 1 aromatic carbocycles. The van der Waals surface area contributed by atoms with E-state index in [2.05, 4.69) is 16.1 Å². The van der Waals surface area contributed by atoms with Crippen molar-refractivity contribution in [3.63, 3.8) is 0 Å². The number of carbonyl (C=O) groups is 2. The molecule has 0 saturated heterocycles. The number of benzene rings is 1. The molecule has 1 aromatic rings. The second-order valence-corrected chi connectivity index (χ2v) is 4.73. The molecule has 0 bridgehead atoms.